The normalized spacial score (nSPS) is 43.4. The minimum Gasteiger partial charge on any atom is -0.380 e. The molecule has 2 fully saturated rings. The van der Waals surface area contributed by atoms with Crippen LogP contribution in [0.2, 0.25) is 0 Å². The zero-order valence-corrected chi connectivity index (χ0v) is 8.06. The van der Waals surface area contributed by atoms with Crippen molar-refractivity contribution in [1.29, 1.82) is 0 Å². The van der Waals surface area contributed by atoms with Gasteiger partial charge in [-0.1, -0.05) is 13.8 Å². The lowest BCUT2D eigenvalue weighted by atomic mass is 9.85. The second kappa shape index (κ2) is 2.98. The highest BCUT2D eigenvalue weighted by Gasteiger charge is 2.41. The molecule has 0 spiro atoms. The van der Waals surface area contributed by atoms with Gasteiger partial charge in [-0.25, -0.2) is 0 Å². The molecule has 2 rings (SSSR count). The van der Waals surface area contributed by atoms with E-state index in [2.05, 4.69) is 25.6 Å². The number of thioether (sulfide) groups is 1. The number of hydrogen-bond donors (Lipinski definition) is 0. The van der Waals surface area contributed by atoms with E-state index < -0.39 is 0 Å². The first-order valence-electron chi connectivity index (χ1n) is 4.48. The maximum absolute atomic E-state index is 5.47. The lowest BCUT2D eigenvalue weighted by Crippen LogP contribution is -2.21. The molecule has 0 amide bonds. The number of fused-ring (bicyclic) bond motifs is 1. The molecule has 0 bridgehead atoms. The van der Waals surface area contributed by atoms with E-state index in [1.807, 2.05) is 0 Å². The average Bonchev–Trinajstić information content (AvgIpc) is 2.41. The molecule has 3 unspecified atom stereocenters. The summed E-state index contributed by atoms with van der Waals surface area (Å²) >= 11 is 2.12. The van der Waals surface area contributed by atoms with Crippen molar-refractivity contribution in [1.82, 2.24) is 0 Å². The van der Waals surface area contributed by atoms with Crippen LogP contribution in [0.3, 0.4) is 0 Å². The summed E-state index contributed by atoms with van der Waals surface area (Å²) in [6.45, 7) is 6.72. The molecular weight excluding hydrogens is 156 g/mol. The van der Waals surface area contributed by atoms with Crippen LogP contribution in [0.1, 0.15) is 13.8 Å². The van der Waals surface area contributed by atoms with Crippen LogP contribution in [-0.4, -0.2) is 24.2 Å². The largest absolute Gasteiger partial charge is 0.380 e. The molecule has 0 aromatic carbocycles. The van der Waals surface area contributed by atoms with Crippen molar-refractivity contribution in [3.63, 3.8) is 0 Å². The molecule has 1 nitrogen and oxygen atoms in total. The highest BCUT2D eigenvalue weighted by molar-refractivity contribution is 8.00. The van der Waals surface area contributed by atoms with Gasteiger partial charge in [-0.05, 0) is 17.6 Å². The lowest BCUT2D eigenvalue weighted by molar-refractivity contribution is 0.165. The van der Waals surface area contributed by atoms with E-state index in [0.717, 1.165) is 36.2 Å². The summed E-state index contributed by atoms with van der Waals surface area (Å²) in [4.78, 5) is 0. The topological polar surface area (TPSA) is 9.23 Å². The highest BCUT2D eigenvalue weighted by Crippen LogP contribution is 2.43. The molecule has 2 aliphatic heterocycles. The molecule has 0 radical (unpaired) electrons. The van der Waals surface area contributed by atoms with Crippen molar-refractivity contribution in [2.45, 2.75) is 19.1 Å². The highest BCUT2D eigenvalue weighted by atomic mass is 32.2. The fourth-order valence-electron chi connectivity index (χ4n) is 2.17. The molecule has 0 N–H and O–H groups in total. The lowest BCUT2D eigenvalue weighted by Gasteiger charge is -2.19. The summed E-state index contributed by atoms with van der Waals surface area (Å²) in [5.74, 6) is 4.02. The number of hydrogen-bond acceptors (Lipinski definition) is 2. The van der Waals surface area contributed by atoms with Crippen molar-refractivity contribution < 1.29 is 4.74 Å². The smallest absolute Gasteiger partial charge is 0.0588 e. The van der Waals surface area contributed by atoms with Crippen LogP contribution in [-0.2, 0) is 4.74 Å². The maximum atomic E-state index is 5.47. The Morgan fingerprint density at radius 1 is 1.36 bits per heavy atom. The zero-order valence-electron chi connectivity index (χ0n) is 7.25. The van der Waals surface area contributed by atoms with Crippen LogP contribution >= 0.6 is 11.8 Å². The van der Waals surface area contributed by atoms with Crippen molar-refractivity contribution in [3.05, 3.63) is 0 Å². The second-order valence-corrected chi connectivity index (χ2v) is 5.25. The number of rotatable bonds is 1. The van der Waals surface area contributed by atoms with Crippen LogP contribution in [0.25, 0.3) is 0 Å². The molecule has 0 aromatic heterocycles. The SMILES string of the molecule is CC(C)C1CSC2COCC21. The van der Waals surface area contributed by atoms with Gasteiger partial charge >= 0.3 is 0 Å². The van der Waals surface area contributed by atoms with Gasteiger partial charge in [0.1, 0.15) is 0 Å². The van der Waals surface area contributed by atoms with Crippen LogP contribution < -0.4 is 0 Å². The van der Waals surface area contributed by atoms with Crippen molar-refractivity contribution >= 4 is 11.8 Å². The number of ether oxygens (including phenoxy) is 1. The summed E-state index contributed by atoms with van der Waals surface area (Å²) in [7, 11) is 0. The van der Waals surface area contributed by atoms with Crippen LogP contribution in [0.4, 0.5) is 0 Å². The van der Waals surface area contributed by atoms with E-state index in [0.29, 0.717) is 0 Å². The molecular formula is C9H16OS. The fraction of sp³-hybridized carbons (Fsp3) is 1.00. The van der Waals surface area contributed by atoms with Crippen LogP contribution in [0.15, 0.2) is 0 Å². The minimum absolute atomic E-state index is 0.836. The molecule has 0 aliphatic carbocycles. The monoisotopic (exact) mass is 172 g/mol. The molecule has 0 aromatic rings. The molecule has 2 heterocycles. The molecule has 0 saturated carbocycles. The van der Waals surface area contributed by atoms with Gasteiger partial charge in [-0.3, -0.25) is 0 Å². The third kappa shape index (κ3) is 1.31. The van der Waals surface area contributed by atoms with E-state index in [4.69, 9.17) is 4.74 Å². The molecule has 2 heteroatoms. The molecule has 3 atom stereocenters. The summed E-state index contributed by atoms with van der Waals surface area (Å²) in [5, 5.41) is 0.836. The van der Waals surface area contributed by atoms with Gasteiger partial charge in [0, 0.05) is 11.2 Å². The van der Waals surface area contributed by atoms with E-state index in [1.165, 1.54) is 5.75 Å². The van der Waals surface area contributed by atoms with Gasteiger partial charge in [0.25, 0.3) is 0 Å². The first kappa shape index (κ1) is 7.93. The predicted octanol–water partition coefficient (Wildman–Crippen LogP) is 2.02. The quantitative estimate of drug-likeness (QED) is 0.598. The zero-order chi connectivity index (χ0) is 7.84. The Hall–Kier alpha value is 0.310. The van der Waals surface area contributed by atoms with Gasteiger partial charge in [0.05, 0.1) is 13.2 Å². The maximum Gasteiger partial charge on any atom is 0.0588 e. The van der Waals surface area contributed by atoms with E-state index in [9.17, 15) is 0 Å². The van der Waals surface area contributed by atoms with Crippen molar-refractivity contribution in [2.75, 3.05) is 19.0 Å². The average molecular weight is 172 g/mol. The Morgan fingerprint density at radius 3 is 2.91 bits per heavy atom. The second-order valence-electron chi connectivity index (χ2n) is 3.98. The Morgan fingerprint density at radius 2 is 2.18 bits per heavy atom. The molecule has 64 valence electrons. The minimum atomic E-state index is 0.836. The van der Waals surface area contributed by atoms with Gasteiger partial charge in [0.2, 0.25) is 0 Å². The third-order valence-electron chi connectivity index (χ3n) is 2.98. The summed E-state index contributed by atoms with van der Waals surface area (Å²) in [6.07, 6.45) is 0. The predicted molar refractivity (Wildman–Crippen MR) is 48.9 cm³/mol. The molecule has 2 aliphatic rings. The van der Waals surface area contributed by atoms with E-state index >= 15 is 0 Å². The summed E-state index contributed by atoms with van der Waals surface area (Å²) < 4.78 is 5.47. The Kier molecular flexibility index (Phi) is 2.15. The Labute approximate surface area is 72.9 Å². The van der Waals surface area contributed by atoms with Gasteiger partial charge in [-0.15, -0.1) is 0 Å². The van der Waals surface area contributed by atoms with Gasteiger partial charge < -0.3 is 4.74 Å². The first-order chi connectivity index (χ1) is 5.29. The third-order valence-corrected chi connectivity index (χ3v) is 4.47. The first-order valence-corrected chi connectivity index (χ1v) is 5.53. The van der Waals surface area contributed by atoms with E-state index in [1.54, 1.807) is 0 Å². The Balaban J connectivity index is 2.03. The molecule has 2 saturated heterocycles. The fourth-order valence-corrected chi connectivity index (χ4v) is 3.99. The van der Waals surface area contributed by atoms with Crippen LogP contribution in [0.5, 0.6) is 0 Å². The van der Waals surface area contributed by atoms with Gasteiger partial charge in [0.15, 0.2) is 0 Å². The summed E-state index contributed by atoms with van der Waals surface area (Å²) in [5.41, 5.74) is 0. The summed E-state index contributed by atoms with van der Waals surface area (Å²) in [6, 6.07) is 0. The van der Waals surface area contributed by atoms with Crippen LogP contribution in [0, 0.1) is 17.8 Å². The van der Waals surface area contributed by atoms with Crippen molar-refractivity contribution in [2.24, 2.45) is 17.8 Å². The van der Waals surface area contributed by atoms with Gasteiger partial charge in [-0.2, -0.15) is 11.8 Å². The standard InChI is InChI=1S/C9H16OS/c1-6(2)8-5-11-9-4-10-3-7(8)9/h6-9H,3-5H2,1-2H3. The van der Waals surface area contributed by atoms with Crippen molar-refractivity contribution in [3.8, 4) is 0 Å². The van der Waals surface area contributed by atoms with E-state index in [-0.39, 0.29) is 0 Å². The Bertz CT molecular complexity index is 146. The molecule has 11 heavy (non-hydrogen) atoms.